The van der Waals surface area contributed by atoms with Crippen LogP contribution in [0.4, 0.5) is 18.9 Å². The van der Waals surface area contributed by atoms with E-state index in [1.165, 1.54) is 44.2 Å². The molecule has 20 heavy (non-hydrogen) atoms. The van der Waals surface area contributed by atoms with Crippen LogP contribution in [0.1, 0.15) is 55.6 Å². The van der Waals surface area contributed by atoms with Crippen molar-refractivity contribution in [2.45, 2.75) is 50.6 Å². The Kier molecular flexibility index (Phi) is 3.65. The van der Waals surface area contributed by atoms with E-state index in [0.717, 1.165) is 18.5 Å². The molecule has 1 saturated carbocycles. The van der Waals surface area contributed by atoms with E-state index in [1.54, 1.807) is 6.07 Å². The smallest absolute Gasteiger partial charge is 0.385 e. The highest BCUT2D eigenvalue weighted by molar-refractivity contribution is 5.57. The molecule has 0 bridgehead atoms. The van der Waals surface area contributed by atoms with E-state index in [2.05, 4.69) is 5.32 Å². The molecule has 0 amide bonds. The summed E-state index contributed by atoms with van der Waals surface area (Å²) in [7, 11) is 0. The van der Waals surface area contributed by atoms with Crippen molar-refractivity contribution in [3.63, 3.8) is 0 Å². The summed E-state index contributed by atoms with van der Waals surface area (Å²) in [5.41, 5.74) is 1.24. The first-order chi connectivity index (χ1) is 9.55. The normalized spacial score (nSPS) is 24.1. The lowest BCUT2D eigenvalue weighted by Crippen LogP contribution is -2.25. The van der Waals surface area contributed by atoms with Crippen molar-refractivity contribution in [1.29, 1.82) is 0 Å². The first-order valence-corrected chi connectivity index (χ1v) is 7.51. The summed E-state index contributed by atoms with van der Waals surface area (Å²) in [6.45, 7) is 0.787. The van der Waals surface area contributed by atoms with Gasteiger partial charge in [-0.25, -0.2) is 0 Å². The molecule has 1 heterocycles. The number of rotatable bonds is 1. The zero-order valence-electron chi connectivity index (χ0n) is 11.5. The van der Waals surface area contributed by atoms with Crippen LogP contribution in [0.3, 0.4) is 0 Å². The predicted octanol–water partition coefficient (Wildman–Crippen LogP) is 5.18. The molecule has 1 aromatic rings. The fourth-order valence-corrected chi connectivity index (χ4v) is 3.75. The largest absolute Gasteiger partial charge is 0.416 e. The number of benzene rings is 1. The fraction of sp³-hybridized carbons (Fsp3) is 0.625. The maximum atomic E-state index is 12.8. The Bertz CT molecular complexity index is 475. The fourth-order valence-electron chi connectivity index (χ4n) is 3.75. The lowest BCUT2D eigenvalue weighted by Gasteiger charge is -2.35. The van der Waals surface area contributed by atoms with Crippen LogP contribution in [-0.2, 0) is 6.18 Å². The van der Waals surface area contributed by atoms with Crippen molar-refractivity contribution in [3.05, 3.63) is 29.3 Å². The van der Waals surface area contributed by atoms with Gasteiger partial charge >= 0.3 is 6.18 Å². The molecule has 0 radical (unpaired) electrons. The van der Waals surface area contributed by atoms with Gasteiger partial charge in [0.2, 0.25) is 0 Å². The summed E-state index contributed by atoms with van der Waals surface area (Å²) in [4.78, 5) is 0. The van der Waals surface area contributed by atoms with Gasteiger partial charge in [-0.05, 0) is 48.8 Å². The number of hydrogen-bond donors (Lipinski definition) is 1. The van der Waals surface area contributed by atoms with Crippen molar-refractivity contribution >= 4 is 5.69 Å². The first kappa shape index (κ1) is 13.8. The Balaban J connectivity index is 1.89. The van der Waals surface area contributed by atoms with Gasteiger partial charge in [0.05, 0.1) is 5.56 Å². The Morgan fingerprint density at radius 3 is 2.45 bits per heavy atom. The van der Waals surface area contributed by atoms with Crippen LogP contribution >= 0.6 is 0 Å². The van der Waals surface area contributed by atoms with Crippen LogP contribution in [-0.4, -0.2) is 6.54 Å². The molecule has 1 unspecified atom stereocenters. The van der Waals surface area contributed by atoms with Crippen LogP contribution in [0, 0.1) is 5.92 Å². The predicted molar refractivity (Wildman–Crippen MR) is 73.9 cm³/mol. The molecule has 110 valence electrons. The van der Waals surface area contributed by atoms with Crippen LogP contribution in [0.2, 0.25) is 0 Å². The Morgan fingerprint density at radius 2 is 1.75 bits per heavy atom. The van der Waals surface area contributed by atoms with Gasteiger partial charge in [-0.3, -0.25) is 0 Å². The Labute approximate surface area is 117 Å². The van der Waals surface area contributed by atoms with Crippen molar-refractivity contribution in [3.8, 4) is 0 Å². The third-order valence-corrected chi connectivity index (χ3v) is 4.77. The van der Waals surface area contributed by atoms with E-state index in [1.807, 2.05) is 0 Å². The number of hydrogen-bond acceptors (Lipinski definition) is 1. The molecule has 2 aliphatic rings. The molecule has 0 spiro atoms. The van der Waals surface area contributed by atoms with Gasteiger partial charge < -0.3 is 5.32 Å². The lowest BCUT2D eigenvalue weighted by molar-refractivity contribution is -0.137. The number of halogens is 3. The maximum Gasteiger partial charge on any atom is 0.416 e. The van der Waals surface area contributed by atoms with Gasteiger partial charge in [-0.15, -0.1) is 0 Å². The molecular formula is C16H20F3N. The van der Waals surface area contributed by atoms with Crippen LogP contribution in [0.15, 0.2) is 18.2 Å². The summed E-state index contributed by atoms with van der Waals surface area (Å²) in [5, 5.41) is 3.14. The van der Waals surface area contributed by atoms with Crippen molar-refractivity contribution in [2.75, 3.05) is 11.9 Å². The molecule has 1 fully saturated rings. The van der Waals surface area contributed by atoms with Gasteiger partial charge in [-0.2, -0.15) is 13.2 Å². The molecule has 1 aliphatic heterocycles. The zero-order chi connectivity index (χ0) is 14.2. The average molecular weight is 283 g/mol. The van der Waals surface area contributed by atoms with Crippen LogP contribution in [0.5, 0.6) is 0 Å². The lowest BCUT2D eigenvalue weighted by atomic mass is 9.73. The molecule has 3 rings (SSSR count). The van der Waals surface area contributed by atoms with Crippen molar-refractivity contribution in [2.24, 2.45) is 5.92 Å². The average Bonchev–Trinajstić information content (AvgIpc) is 2.46. The minimum Gasteiger partial charge on any atom is -0.385 e. The topological polar surface area (TPSA) is 12.0 Å². The van der Waals surface area contributed by atoms with Gasteiger partial charge in [0.25, 0.3) is 0 Å². The van der Waals surface area contributed by atoms with Crippen molar-refractivity contribution in [1.82, 2.24) is 0 Å². The van der Waals surface area contributed by atoms with Crippen molar-refractivity contribution < 1.29 is 13.2 Å². The Hall–Kier alpha value is -1.19. The SMILES string of the molecule is FC(F)(F)c1ccc2c(c1)NCCC2C1CCCCC1. The van der Waals surface area contributed by atoms with E-state index in [4.69, 9.17) is 0 Å². The quantitative estimate of drug-likeness (QED) is 0.748. The van der Waals surface area contributed by atoms with E-state index < -0.39 is 11.7 Å². The molecule has 1 atom stereocenters. The van der Waals surface area contributed by atoms with Crippen LogP contribution < -0.4 is 5.32 Å². The molecule has 4 heteroatoms. The monoisotopic (exact) mass is 283 g/mol. The van der Waals surface area contributed by atoms with E-state index in [0.29, 0.717) is 17.5 Å². The van der Waals surface area contributed by atoms with Crippen LogP contribution in [0.25, 0.3) is 0 Å². The minimum absolute atomic E-state index is 0.439. The van der Waals surface area contributed by atoms with E-state index in [9.17, 15) is 13.2 Å². The molecule has 1 aromatic carbocycles. The zero-order valence-corrected chi connectivity index (χ0v) is 11.5. The maximum absolute atomic E-state index is 12.8. The number of alkyl halides is 3. The van der Waals surface area contributed by atoms with Gasteiger partial charge in [0.1, 0.15) is 0 Å². The molecule has 1 aliphatic carbocycles. The second kappa shape index (κ2) is 5.30. The standard InChI is InChI=1S/C16H20F3N/c17-16(18,19)12-6-7-14-13(8-9-20-15(14)10-12)11-4-2-1-3-5-11/h6-7,10-11,13,20H,1-5,8-9H2. The Morgan fingerprint density at radius 1 is 1.00 bits per heavy atom. The number of nitrogens with one attached hydrogen (secondary N) is 1. The summed E-state index contributed by atoms with van der Waals surface area (Å²) in [6, 6.07) is 4.22. The second-order valence-electron chi connectivity index (χ2n) is 6.02. The highest BCUT2D eigenvalue weighted by Crippen LogP contribution is 2.44. The molecule has 0 aromatic heterocycles. The minimum atomic E-state index is -4.26. The third-order valence-electron chi connectivity index (χ3n) is 4.77. The van der Waals surface area contributed by atoms with E-state index in [-0.39, 0.29) is 0 Å². The van der Waals surface area contributed by atoms with E-state index >= 15 is 0 Å². The highest BCUT2D eigenvalue weighted by atomic mass is 19.4. The first-order valence-electron chi connectivity index (χ1n) is 7.51. The van der Waals surface area contributed by atoms with Gasteiger partial charge in [0, 0.05) is 12.2 Å². The summed E-state index contributed by atoms with van der Waals surface area (Å²) in [5.74, 6) is 1.09. The molecular weight excluding hydrogens is 263 g/mol. The number of fused-ring (bicyclic) bond motifs is 1. The van der Waals surface area contributed by atoms with Gasteiger partial charge in [0.15, 0.2) is 0 Å². The summed E-state index contributed by atoms with van der Waals surface area (Å²) in [6.07, 6.45) is 3.09. The second-order valence-corrected chi connectivity index (χ2v) is 6.02. The number of anilines is 1. The molecule has 0 saturated heterocycles. The molecule has 1 N–H and O–H groups in total. The summed E-state index contributed by atoms with van der Waals surface area (Å²) >= 11 is 0. The highest BCUT2D eigenvalue weighted by Gasteiger charge is 2.34. The third kappa shape index (κ3) is 2.65. The summed E-state index contributed by atoms with van der Waals surface area (Å²) < 4.78 is 38.3. The molecule has 1 nitrogen and oxygen atoms in total. The van der Waals surface area contributed by atoms with Gasteiger partial charge in [-0.1, -0.05) is 25.3 Å².